The van der Waals surface area contributed by atoms with E-state index < -0.39 is 11.9 Å². The molecule has 0 spiro atoms. The van der Waals surface area contributed by atoms with Crippen LogP contribution in [0.4, 0.5) is 11.4 Å². The van der Waals surface area contributed by atoms with Crippen molar-refractivity contribution in [1.82, 2.24) is 0 Å². The van der Waals surface area contributed by atoms with E-state index >= 15 is 0 Å². The Morgan fingerprint density at radius 3 is 2.67 bits per heavy atom. The second kappa shape index (κ2) is 8.35. The van der Waals surface area contributed by atoms with E-state index in [4.69, 9.17) is 14.2 Å². The highest BCUT2D eigenvalue weighted by Crippen LogP contribution is 2.36. The molecule has 1 saturated heterocycles. The lowest BCUT2D eigenvalue weighted by molar-refractivity contribution is -0.122. The number of hydrogen-bond donors (Lipinski definition) is 1. The number of ether oxygens (including phenoxy) is 3. The van der Waals surface area contributed by atoms with Crippen LogP contribution in [0, 0.1) is 5.92 Å². The number of methoxy groups -OCH3 is 1. The second-order valence-electron chi connectivity index (χ2n) is 6.90. The van der Waals surface area contributed by atoms with Gasteiger partial charge in [0.25, 0.3) is 0 Å². The van der Waals surface area contributed by atoms with Crippen LogP contribution in [0.3, 0.4) is 0 Å². The predicted octanol–water partition coefficient (Wildman–Crippen LogP) is 3.00. The molecule has 0 bridgehead atoms. The number of halogens is 1. The maximum Gasteiger partial charge on any atom is 0.340 e. The fourth-order valence-electron chi connectivity index (χ4n) is 3.47. The Hall–Kier alpha value is -3.07. The molecule has 9 heteroatoms. The molecule has 2 aliphatic rings. The van der Waals surface area contributed by atoms with Crippen LogP contribution in [0.25, 0.3) is 0 Å². The molecule has 1 atom stereocenters. The summed E-state index contributed by atoms with van der Waals surface area (Å²) in [6.07, 6.45) is 0.0738. The normalized spacial score (nSPS) is 17.6. The molecule has 0 radical (unpaired) electrons. The van der Waals surface area contributed by atoms with Gasteiger partial charge in [0.15, 0.2) is 11.5 Å². The first-order valence-electron chi connectivity index (χ1n) is 9.35. The highest BCUT2D eigenvalue weighted by molar-refractivity contribution is 9.10. The monoisotopic (exact) mass is 474 g/mol. The van der Waals surface area contributed by atoms with E-state index in [0.717, 1.165) is 0 Å². The van der Waals surface area contributed by atoms with E-state index in [9.17, 15) is 14.4 Å². The van der Waals surface area contributed by atoms with Crippen molar-refractivity contribution >= 4 is 45.1 Å². The molecule has 2 amide bonds. The van der Waals surface area contributed by atoms with Crippen molar-refractivity contribution in [2.45, 2.75) is 6.42 Å². The number of nitrogens with one attached hydrogen (secondary N) is 1. The molecular weight excluding hydrogens is 456 g/mol. The molecule has 1 unspecified atom stereocenters. The van der Waals surface area contributed by atoms with E-state index in [1.54, 1.807) is 41.3 Å². The number of amides is 2. The largest absolute Gasteiger partial charge is 0.486 e. The molecule has 0 saturated carbocycles. The van der Waals surface area contributed by atoms with Crippen molar-refractivity contribution < 1.29 is 28.6 Å². The van der Waals surface area contributed by atoms with Gasteiger partial charge in [-0.1, -0.05) is 15.9 Å². The predicted molar refractivity (Wildman–Crippen MR) is 112 cm³/mol. The minimum Gasteiger partial charge on any atom is -0.486 e. The Bertz CT molecular complexity index is 1020. The molecular formula is C21H19BrN2O6. The molecule has 8 nitrogen and oxygen atoms in total. The Balaban J connectivity index is 1.49. The summed E-state index contributed by atoms with van der Waals surface area (Å²) >= 11 is 3.30. The quantitative estimate of drug-likeness (QED) is 0.684. The van der Waals surface area contributed by atoms with Gasteiger partial charge in [-0.25, -0.2) is 4.79 Å². The van der Waals surface area contributed by atoms with Gasteiger partial charge in [0.2, 0.25) is 11.8 Å². The number of fused-ring (bicyclic) bond motifs is 1. The van der Waals surface area contributed by atoms with Crippen LogP contribution in [0.1, 0.15) is 16.8 Å². The molecule has 2 heterocycles. The van der Waals surface area contributed by atoms with Crippen molar-refractivity contribution in [1.29, 1.82) is 0 Å². The van der Waals surface area contributed by atoms with Crippen LogP contribution < -0.4 is 19.7 Å². The van der Waals surface area contributed by atoms with E-state index in [2.05, 4.69) is 21.2 Å². The number of carbonyl (C=O) groups excluding carboxylic acids is 3. The first kappa shape index (κ1) is 20.2. The third-order valence-corrected chi connectivity index (χ3v) is 5.47. The Morgan fingerprint density at radius 2 is 1.90 bits per heavy atom. The van der Waals surface area contributed by atoms with Crippen LogP contribution in [0.15, 0.2) is 40.9 Å². The molecule has 2 aromatic rings. The minimum absolute atomic E-state index is 0.0738. The van der Waals surface area contributed by atoms with E-state index in [0.29, 0.717) is 40.6 Å². The van der Waals surface area contributed by atoms with Crippen LogP contribution in [-0.4, -0.2) is 44.7 Å². The van der Waals surface area contributed by atoms with Gasteiger partial charge < -0.3 is 24.4 Å². The lowest BCUT2D eigenvalue weighted by Gasteiger charge is -2.22. The van der Waals surface area contributed by atoms with Gasteiger partial charge in [-0.15, -0.1) is 0 Å². The number of nitrogens with zero attached hydrogens (tertiary/aromatic N) is 1. The van der Waals surface area contributed by atoms with Crippen molar-refractivity contribution in [2.24, 2.45) is 5.92 Å². The topological polar surface area (TPSA) is 94.2 Å². The summed E-state index contributed by atoms with van der Waals surface area (Å²) in [6, 6.07) is 10.2. The molecule has 1 N–H and O–H groups in total. The highest BCUT2D eigenvalue weighted by Gasteiger charge is 2.36. The molecule has 1 fully saturated rings. The Kier molecular flexibility index (Phi) is 5.63. The van der Waals surface area contributed by atoms with Gasteiger partial charge in [0.05, 0.1) is 24.3 Å². The van der Waals surface area contributed by atoms with Gasteiger partial charge in [-0.2, -0.15) is 0 Å². The zero-order chi connectivity index (χ0) is 21.3. The minimum atomic E-state index is -0.563. The van der Waals surface area contributed by atoms with Gasteiger partial charge in [0, 0.05) is 29.2 Å². The smallest absolute Gasteiger partial charge is 0.340 e. The molecule has 4 rings (SSSR count). The van der Waals surface area contributed by atoms with Crippen molar-refractivity contribution in [2.75, 3.05) is 37.1 Å². The number of hydrogen-bond acceptors (Lipinski definition) is 6. The van der Waals surface area contributed by atoms with Crippen molar-refractivity contribution in [3.05, 3.63) is 46.4 Å². The summed E-state index contributed by atoms with van der Waals surface area (Å²) < 4.78 is 16.5. The lowest BCUT2D eigenvalue weighted by atomic mass is 10.1. The third kappa shape index (κ3) is 3.97. The number of rotatable bonds is 4. The van der Waals surface area contributed by atoms with Crippen LogP contribution in [-0.2, 0) is 14.3 Å². The molecule has 2 aliphatic heterocycles. The van der Waals surface area contributed by atoms with Gasteiger partial charge in [-0.3, -0.25) is 9.59 Å². The van der Waals surface area contributed by atoms with E-state index in [-0.39, 0.29) is 30.3 Å². The molecule has 2 aromatic carbocycles. The average Bonchev–Trinajstić information content (AvgIpc) is 3.15. The first-order valence-corrected chi connectivity index (χ1v) is 10.1. The maximum absolute atomic E-state index is 12.8. The summed E-state index contributed by atoms with van der Waals surface area (Å²) in [5.41, 5.74) is 1.21. The van der Waals surface area contributed by atoms with Crippen LogP contribution in [0.5, 0.6) is 11.5 Å². The zero-order valence-electron chi connectivity index (χ0n) is 16.1. The summed E-state index contributed by atoms with van der Waals surface area (Å²) in [5.74, 6) is -0.396. The number of esters is 1. The van der Waals surface area contributed by atoms with Crippen molar-refractivity contribution in [3.8, 4) is 11.5 Å². The number of carbonyl (C=O) groups is 3. The lowest BCUT2D eigenvalue weighted by Crippen LogP contribution is -2.28. The summed E-state index contributed by atoms with van der Waals surface area (Å²) in [4.78, 5) is 39.0. The number of anilines is 2. The summed E-state index contributed by atoms with van der Waals surface area (Å²) in [5, 5.41) is 2.75. The Labute approximate surface area is 181 Å². The second-order valence-corrected chi connectivity index (χ2v) is 7.82. The van der Waals surface area contributed by atoms with E-state index in [1.165, 1.54) is 7.11 Å². The molecule has 156 valence electrons. The number of benzene rings is 2. The van der Waals surface area contributed by atoms with Crippen molar-refractivity contribution in [3.63, 3.8) is 0 Å². The molecule has 30 heavy (non-hydrogen) atoms. The molecule has 0 aliphatic carbocycles. The standard InChI is InChI=1S/C21H19BrN2O6/c1-28-21(27)15-9-13(22)2-4-16(15)23-20(26)12-8-19(25)24(11-12)14-3-5-17-18(10-14)30-7-6-29-17/h2-5,9-10,12H,6-8,11H2,1H3,(H,23,26). The van der Waals surface area contributed by atoms with Gasteiger partial charge in [0.1, 0.15) is 13.2 Å². The van der Waals surface area contributed by atoms with Gasteiger partial charge in [-0.05, 0) is 30.3 Å². The summed E-state index contributed by atoms with van der Waals surface area (Å²) in [6.45, 7) is 1.17. The fraction of sp³-hybridized carbons (Fsp3) is 0.286. The fourth-order valence-corrected chi connectivity index (χ4v) is 3.83. The Morgan fingerprint density at radius 1 is 1.13 bits per heavy atom. The van der Waals surface area contributed by atoms with E-state index in [1.807, 2.05) is 0 Å². The third-order valence-electron chi connectivity index (χ3n) is 4.98. The SMILES string of the molecule is COC(=O)c1cc(Br)ccc1NC(=O)C1CC(=O)N(c2ccc3c(c2)OCCO3)C1. The molecule has 0 aromatic heterocycles. The van der Waals surface area contributed by atoms with Gasteiger partial charge >= 0.3 is 5.97 Å². The average molecular weight is 475 g/mol. The maximum atomic E-state index is 12.8. The van der Waals surface area contributed by atoms with Crippen LogP contribution >= 0.6 is 15.9 Å². The highest BCUT2D eigenvalue weighted by atomic mass is 79.9. The first-order chi connectivity index (χ1) is 14.5. The van der Waals surface area contributed by atoms with Crippen LogP contribution in [0.2, 0.25) is 0 Å². The zero-order valence-corrected chi connectivity index (χ0v) is 17.7. The summed E-state index contributed by atoms with van der Waals surface area (Å²) in [7, 11) is 1.27.